The fourth-order valence-corrected chi connectivity index (χ4v) is 1.56. The van der Waals surface area contributed by atoms with Crippen molar-refractivity contribution in [1.82, 2.24) is 15.0 Å². The maximum atomic E-state index is 13.6. The van der Waals surface area contributed by atoms with E-state index in [1.165, 1.54) is 0 Å². The highest BCUT2D eigenvalue weighted by atomic mass is 19.3. The number of aromatic nitrogens is 3. The van der Waals surface area contributed by atoms with Crippen LogP contribution in [0, 0.1) is 0 Å². The molecule has 1 aliphatic carbocycles. The van der Waals surface area contributed by atoms with Gasteiger partial charge < -0.3 is 11.5 Å². The Kier molecular flexibility index (Phi) is 2.68. The van der Waals surface area contributed by atoms with Gasteiger partial charge in [-0.2, -0.15) is 23.7 Å². The molecular formula is C9H8F3N5O. The zero-order valence-electron chi connectivity index (χ0n) is 8.95. The van der Waals surface area contributed by atoms with E-state index in [-0.39, 0.29) is 29.7 Å². The van der Waals surface area contributed by atoms with E-state index in [1.54, 1.807) is 0 Å². The number of hydrogen-bond acceptors (Lipinski definition) is 6. The monoisotopic (exact) mass is 259 g/mol. The molecule has 0 atom stereocenters. The fourth-order valence-electron chi connectivity index (χ4n) is 1.56. The van der Waals surface area contributed by atoms with Crippen molar-refractivity contribution in [2.75, 3.05) is 11.5 Å². The van der Waals surface area contributed by atoms with E-state index in [4.69, 9.17) is 11.5 Å². The summed E-state index contributed by atoms with van der Waals surface area (Å²) in [4.78, 5) is 21.7. The Balaban J connectivity index is 2.51. The van der Waals surface area contributed by atoms with Crippen LogP contribution in [-0.2, 0) is 4.79 Å². The van der Waals surface area contributed by atoms with E-state index in [0.717, 1.165) is 0 Å². The summed E-state index contributed by atoms with van der Waals surface area (Å²) in [7, 11) is 0. The van der Waals surface area contributed by atoms with E-state index in [2.05, 4.69) is 15.0 Å². The summed E-state index contributed by atoms with van der Waals surface area (Å²) in [5, 5.41) is 0. The molecular weight excluding hydrogens is 251 g/mol. The molecule has 0 saturated carbocycles. The van der Waals surface area contributed by atoms with Crippen molar-refractivity contribution in [3.05, 3.63) is 11.7 Å². The van der Waals surface area contributed by atoms with Gasteiger partial charge in [-0.25, -0.2) is 4.39 Å². The second kappa shape index (κ2) is 3.93. The zero-order chi connectivity index (χ0) is 13.5. The molecule has 2 rings (SSSR count). The number of nitrogens with two attached hydrogens (primary N) is 2. The normalized spacial score (nSPS) is 19.2. The Morgan fingerprint density at radius 2 is 1.67 bits per heavy atom. The first-order valence-corrected chi connectivity index (χ1v) is 4.90. The Labute approximate surface area is 98.9 Å². The van der Waals surface area contributed by atoms with Crippen LogP contribution in [-0.4, -0.2) is 26.7 Å². The van der Waals surface area contributed by atoms with Gasteiger partial charge in [0.25, 0.3) is 5.78 Å². The van der Waals surface area contributed by atoms with E-state index >= 15 is 0 Å². The molecule has 1 aliphatic rings. The van der Waals surface area contributed by atoms with Crippen molar-refractivity contribution in [2.24, 2.45) is 0 Å². The number of nitrogens with zero attached hydrogens (tertiary/aromatic N) is 3. The van der Waals surface area contributed by atoms with Gasteiger partial charge in [0.2, 0.25) is 11.9 Å². The van der Waals surface area contributed by atoms with Crippen LogP contribution in [0.25, 0.3) is 5.57 Å². The highest BCUT2D eigenvalue weighted by Gasteiger charge is 2.46. The number of anilines is 2. The van der Waals surface area contributed by atoms with Gasteiger partial charge in [0.15, 0.2) is 11.7 Å². The number of carbonyl (C=O) groups excluding carboxylic acids is 1. The van der Waals surface area contributed by atoms with Crippen molar-refractivity contribution >= 4 is 23.3 Å². The third-order valence-corrected chi connectivity index (χ3v) is 2.43. The van der Waals surface area contributed by atoms with Gasteiger partial charge in [0.1, 0.15) is 0 Å². The van der Waals surface area contributed by atoms with Crippen molar-refractivity contribution in [3.8, 4) is 0 Å². The summed E-state index contributed by atoms with van der Waals surface area (Å²) >= 11 is 0. The predicted octanol–water partition coefficient (Wildman–Crippen LogP) is 0.715. The van der Waals surface area contributed by atoms with Crippen LogP contribution in [0.4, 0.5) is 25.1 Å². The summed E-state index contributed by atoms with van der Waals surface area (Å²) in [5.41, 5.74) is 10.2. The van der Waals surface area contributed by atoms with Crippen LogP contribution in [0.2, 0.25) is 0 Å². The number of halogens is 3. The minimum absolute atomic E-state index is 0.275. The number of alkyl halides is 2. The molecule has 0 aliphatic heterocycles. The van der Waals surface area contributed by atoms with Crippen LogP contribution in [0.3, 0.4) is 0 Å². The summed E-state index contributed by atoms with van der Waals surface area (Å²) in [6.45, 7) is 0. The van der Waals surface area contributed by atoms with Crippen molar-refractivity contribution in [3.63, 3.8) is 0 Å². The Morgan fingerprint density at radius 1 is 1.11 bits per heavy atom. The zero-order valence-corrected chi connectivity index (χ0v) is 8.95. The number of Topliss-reactive ketones (excluding diaryl/α,β-unsaturated/α-hetero) is 1. The van der Waals surface area contributed by atoms with Gasteiger partial charge in [-0.1, -0.05) is 0 Å². The summed E-state index contributed by atoms with van der Waals surface area (Å²) in [6, 6.07) is 0. The van der Waals surface area contributed by atoms with Gasteiger partial charge in [0, 0.05) is 12.0 Å². The molecule has 4 N–H and O–H groups in total. The molecule has 18 heavy (non-hydrogen) atoms. The number of nitrogen functional groups attached to an aromatic ring is 2. The highest BCUT2D eigenvalue weighted by molar-refractivity contribution is 6.05. The molecule has 0 saturated heterocycles. The molecule has 96 valence electrons. The maximum absolute atomic E-state index is 13.6. The van der Waals surface area contributed by atoms with Gasteiger partial charge in [-0.05, 0) is 6.42 Å². The minimum Gasteiger partial charge on any atom is -0.368 e. The summed E-state index contributed by atoms with van der Waals surface area (Å²) in [6.07, 6.45) is -1.19. The largest absolute Gasteiger partial charge is 0.368 e. The SMILES string of the molecule is Nc1nc(N)nc(C2=C(F)C(=O)C(F)(F)CC2)n1. The minimum atomic E-state index is -3.70. The number of allylic oxidation sites excluding steroid dienone is 2. The maximum Gasteiger partial charge on any atom is 0.312 e. The van der Waals surface area contributed by atoms with Gasteiger partial charge in [-0.15, -0.1) is 0 Å². The molecule has 6 nitrogen and oxygen atoms in total. The number of hydrogen-bond donors (Lipinski definition) is 2. The molecule has 0 spiro atoms. The first-order chi connectivity index (χ1) is 8.31. The highest BCUT2D eigenvalue weighted by Crippen LogP contribution is 2.37. The fraction of sp³-hybridized carbons (Fsp3) is 0.333. The second-order valence-corrected chi connectivity index (χ2v) is 3.70. The van der Waals surface area contributed by atoms with E-state index in [1.807, 2.05) is 0 Å². The molecule has 0 radical (unpaired) electrons. The van der Waals surface area contributed by atoms with E-state index in [9.17, 15) is 18.0 Å². The van der Waals surface area contributed by atoms with Crippen LogP contribution < -0.4 is 11.5 Å². The van der Waals surface area contributed by atoms with Crippen molar-refractivity contribution in [2.45, 2.75) is 18.8 Å². The topological polar surface area (TPSA) is 108 Å². The Bertz CT molecular complexity index is 537. The molecule has 9 heteroatoms. The molecule has 1 aromatic heterocycles. The van der Waals surface area contributed by atoms with E-state index in [0.29, 0.717) is 0 Å². The van der Waals surface area contributed by atoms with Crippen LogP contribution in [0.15, 0.2) is 5.83 Å². The Hall–Kier alpha value is -2.19. The molecule has 0 amide bonds. The van der Waals surface area contributed by atoms with Crippen LogP contribution in [0.1, 0.15) is 18.7 Å². The molecule has 0 aromatic carbocycles. The molecule has 0 unspecified atom stereocenters. The molecule has 0 bridgehead atoms. The standard InChI is InChI=1S/C9H8F3N5O/c10-4-3(1-2-9(11,12)5(4)18)6-15-7(13)17-8(14)16-6/h1-2H2,(H4,13,14,15,16,17). The van der Waals surface area contributed by atoms with E-state index < -0.39 is 24.0 Å². The third kappa shape index (κ3) is 1.98. The average molecular weight is 259 g/mol. The van der Waals surface area contributed by atoms with Gasteiger partial charge in [-0.3, -0.25) is 4.79 Å². The third-order valence-electron chi connectivity index (χ3n) is 2.43. The molecule has 1 heterocycles. The number of ketones is 1. The van der Waals surface area contributed by atoms with Crippen LogP contribution in [0.5, 0.6) is 0 Å². The van der Waals surface area contributed by atoms with Crippen LogP contribution >= 0.6 is 0 Å². The lowest BCUT2D eigenvalue weighted by Gasteiger charge is -2.20. The lowest BCUT2D eigenvalue weighted by molar-refractivity contribution is -0.141. The average Bonchev–Trinajstić information content (AvgIpc) is 2.25. The predicted molar refractivity (Wildman–Crippen MR) is 55.9 cm³/mol. The number of rotatable bonds is 1. The Morgan fingerprint density at radius 3 is 2.22 bits per heavy atom. The van der Waals surface area contributed by atoms with Crippen molar-refractivity contribution in [1.29, 1.82) is 0 Å². The molecule has 1 aromatic rings. The first-order valence-electron chi connectivity index (χ1n) is 4.90. The van der Waals surface area contributed by atoms with Gasteiger partial charge >= 0.3 is 5.92 Å². The summed E-state index contributed by atoms with van der Waals surface area (Å²) in [5.74, 6) is -7.97. The first kappa shape index (κ1) is 12.3. The van der Waals surface area contributed by atoms with Gasteiger partial charge in [0.05, 0.1) is 0 Å². The smallest absolute Gasteiger partial charge is 0.312 e. The quantitative estimate of drug-likeness (QED) is 0.769. The number of carbonyl (C=O) groups is 1. The molecule has 0 fully saturated rings. The second-order valence-electron chi connectivity index (χ2n) is 3.70. The van der Waals surface area contributed by atoms with Crippen molar-refractivity contribution < 1.29 is 18.0 Å². The summed E-state index contributed by atoms with van der Waals surface area (Å²) < 4.78 is 39.5. The lowest BCUT2D eigenvalue weighted by Crippen LogP contribution is -2.33. The lowest BCUT2D eigenvalue weighted by atomic mass is 9.93.